The first kappa shape index (κ1) is 30.2. The summed E-state index contributed by atoms with van der Waals surface area (Å²) in [6.45, 7) is 2.21. The van der Waals surface area contributed by atoms with Crippen LogP contribution in [0.2, 0.25) is 0 Å². The van der Waals surface area contributed by atoms with Crippen LogP contribution in [0.15, 0.2) is 188 Å². The van der Waals surface area contributed by atoms with Crippen molar-refractivity contribution in [3.63, 3.8) is 0 Å². The first-order chi connectivity index (χ1) is 25.7. The minimum absolute atomic E-state index is 0.424. The molecule has 0 fully saturated rings. The lowest BCUT2D eigenvalue weighted by molar-refractivity contribution is 0.768. The van der Waals surface area contributed by atoms with Crippen LogP contribution < -0.4 is 0 Å². The Hall–Kier alpha value is -6.64. The highest BCUT2D eigenvalue weighted by Gasteiger charge is 2.46. The van der Waals surface area contributed by atoms with E-state index >= 15 is 0 Å². The van der Waals surface area contributed by atoms with Crippen molar-refractivity contribution < 1.29 is 0 Å². The molecule has 52 heavy (non-hydrogen) atoms. The number of benzene rings is 7. The Kier molecular flexibility index (Phi) is 6.97. The quantitative estimate of drug-likeness (QED) is 0.171. The predicted molar refractivity (Wildman–Crippen MR) is 215 cm³/mol. The van der Waals surface area contributed by atoms with Gasteiger partial charge in [-0.25, -0.2) is 0 Å². The average Bonchev–Trinajstić information content (AvgIpc) is 3.52. The van der Waals surface area contributed by atoms with E-state index in [2.05, 4.69) is 182 Å². The Morgan fingerprint density at radius 3 is 1.85 bits per heavy atom. The molecule has 0 radical (unpaired) electrons. The van der Waals surface area contributed by atoms with Crippen molar-refractivity contribution in [3.05, 3.63) is 216 Å². The van der Waals surface area contributed by atoms with Crippen LogP contribution in [-0.4, -0.2) is 9.97 Å². The molecule has 0 spiro atoms. The molecule has 0 unspecified atom stereocenters. The summed E-state index contributed by atoms with van der Waals surface area (Å²) in [7, 11) is 0. The number of rotatable bonds is 5. The van der Waals surface area contributed by atoms with Gasteiger partial charge in [-0.3, -0.25) is 9.97 Å². The molecular weight excluding hydrogens is 629 g/mol. The summed E-state index contributed by atoms with van der Waals surface area (Å²) in [5.74, 6) is 0. The maximum atomic E-state index is 4.73. The first-order valence-corrected chi connectivity index (χ1v) is 17.9. The molecule has 0 aliphatic heterocycles. The molecule has 0 bridgehead atoms. The highest BCUT2D eigenvalue weighted by atomic mass is 14.7. The second kappa shape index (κ2) is 12.0. The number of pyridine rings is 2. The molecule has 1 aliphatic carbocycles. The molecule has 244 valence electrons. The molecule has 2 heterocycles. The zero-order valence-corrected chi connectivity index (χ0v) is 28.8. The van der Waals surface area contributed by atoms with E-state index in [0.29, 0.717) is 0 Å². The summed E-state index contributed by atoms with van der Waals surface area (Å²) in [4.78, 5) is 9.38. The number of nitrogens with zero attached hydrogens (tertiary/aromatic N) is 2. The predicted octanol–water partition coefficient (Wildman–Crippen LogP) is 12.5. The minimum atomic E-state index is -0.424. The monoisotopic (exact) mass is 662 g/mol. The van der Waals surface area contributed by atoms with Crippen LogP contribution in [0.4, 0.5) is 0 Å². The highest BCUT2D eigenvalue weighted by Crippen LogP contribution is 2.58. The van der Waals surface area contributed by atoms with Crippen molar-refractivity contribution >= 4 is 21.8 Å². The van der Waals surface area contributed by atoms with Gasteiger partial charge in [0.2, 0.25) is 0 Å². The summed E-state index contributed by atoms with van der Waals surface area (Å²) in [6, 6.07) is 64.4. The summed E-state index contributed by atoms with van der Waals surface area (Å²) in [5.41, 5.74) is 17.7. The van der Waals surface area contributed by atoms with Crippen LogP contribution >= 0.6 is 0 Å². The van der Waals surface area contributed by atoms with Crippen LogP contribution in [0, 0.1) is 6.92 Å². The first-order valence-electron chi connectivity index (χ1n) is 17.9. The van der Waals surface area contributed by atoms with E-state index in [0.717, 1.165) is 32.9 Å². The van der Waals surface area contributed by atoms with E-state index in [4.69, 9.17) is 4.98 Å². The maximum absolute atomic E-state index is 4.73. The van der Waals surface area contributed by atoms with Crippen LogP contribution in [0.5, 0.6) is 0 Å². The van der Waals surface area contributed by atoms with Crippen LogP contribution in [0.3, 0.4) is 0 Å². The molecule has 0 saturated heterocycles. The van der Waals surface area contributed by atoms with Crippen molar-refractivity contribution in [1.29, 1.82) is 0 Å². The Labute approximate surface area is 303 Å². The Morgan fingerprint density at radius 1 is 0.404 bits per heavy atom. The molecule has 9 aromatic rings. The van der Waals surface area contributed by atoms with E-state index in [-0.39, 0.29) is 0 Å². The third-order valence-electron chi connectivity index (χ3n) is 10.9. The molecule has 2 aromatic heterocycles. The van der Waals surface area contributed by atoms with Crippen molar-refractivity contribution in [1.82, 2.24) is 9.97 Å². The fraction of sp³-hybridized carbons (Fsp3) is 0.0400. The van der Waals surface area contributed by atoms with Gasteiger partial charge in [0.25, 0.3) is 0 Å². The lowest BCUT2D eigenvalue weighted by Gasteiger charge is -2.34. The van der Waals surface area contributed by atoms with Gasteiger partial charge < -0.3 is 0 Å². The summed E-state index contributed by atoms with van der Waals surface area (Å²) in [5, 5.41) is 2.21. The number of aryl methyl sites for hydroxylation is 1. The molecule has 7 aromatic carbocycles. The number of hydrogen-bond acceptors (Lipinski definition) is 2. The molecule has 2 heteroatoms. The van der Waals surface area contributed by atoms with E-state index in [1.807, 2.05) is 18.5 Å². The number of aromatic nitrogens is 2. The molecule has 0 N–H and O–H groups in total. The third-order valence-corrected chi connectivity index (χ3v) is 10.9. The van der Waals surface area contributed by atoms with Gasteiger partial charge in [-0.15, -0.1) is 0 Å². The Balaban J connectivity index is 1.11. The molecule has 2 nitrogen and oxygen atoms in total. The lowest BCUT2D eigenvalue weighted by atomic mass is 9.67. The van der Waals surface area contributed by atoms with E-state index in [1.165, 1.54) is 61.2 Å². The summed E-state index contributed by atoms with van der Waals surface area (Å²) >= 11 is 0. The SMILES string of the molecule is Cc1cc(-c2ccc(-c3ccnc4c3ccc3cccnc34)cc2)cc(-c2cccc3c2-c2ccccc2C3(c2ccccc2)c2ccccc2)c1. The van der Waals surface area contributed by atoms with Gasteiger partial charge in [0.1, 0.15) is 0 Å². The smallest absolute Gasteiger partial charge is 0.0970 e. The van der Waals surface area contributed by atoms with E-state index in [9.17, 15) is 0 Å². The van der Waals surface area contributed by atoms with Gasteiger partial charge in [0.05, 0.1) is 16.4 Å². The molecule has 0 saturated carbocycles. The molecule has 1 aliphatic rings. The van der Waals surface area contributed by atoms with Gasteiger partial charge >= 0.3 is 0 Å². The van der Waals surface area contributed by atoms with Crippen LogP contribution in [0.25, 0.3) is 66.3 Å². The zero-order valence-electron chi connectivity index (χ0n) is 28.8. The second-order valence-corrected chi connectivity index (χ2v) is 13.8. The van der Waals surface area contributed by atoms with Crippen LogP contribution in [0.1, 0.15) is 27.8 Å². The van der Waals surface area contributed by atoms with Gasteiger partial charge in [0.15, 0.2) is 0 Å². The highest BCUT2D eigenvalue weighted by molar-refractivity contribution is 6.08. The zero-order chi connectivity index (χ0) is 34.6. The fourth-order valence-corrected chi connectivity index (χ4v) is 8.69. The fourth-order valence-electron chi connectivity index (χ4n) is 8.69. The largest absolute Gasteiger partial charge is 0.254 e. The van der Waals surface area contributed by atoms with Gasteiger partial charge in [-0.1, -0.05) is 158 Å². The van der Waals surface area contributed by atoms with Gasteiger partial charge in [-0.2, -0.15) is 0 Å². The molecular formula is C50H34N2. The average molecular weight is 663 g/mol. The van der Waals surface area contributed by atoms with Gasteiger partial charge in [-0.05, 0) is 97.4 Å². The van der Waals surface area contributed by atoms with Gasteiger partial charge in [0, 0.05) is 23.2 Å². The van der Waals surface area contributed by atoms with Crippen molar-refractivity contribution in [2.24, 2.45) is 0 Å². The van der Waals surface area contributed by atoms with E-state index < -0.39 is 5.41 Å². The van der Waals surface area contributed by atoms with E-state index in [1.54, 1.807) is 0 Å². The Morgan fingerprint density at radius 2 is 1.06 bits per heavy atom. The number of fused-ring (bicyclic) bond motifs is 6. The van der Waals surface area contributed by atoms with Crippen molar-refractivity contribution in [3.8, 4) is 44.5 Å². The summed E-state index contributed by atoms with van der Waals surface area (Å²) in [6.07, 6.45) is 3.74. The lowest BCUT2D eigenvalue weighted by Crippen LogP contribution is -2.28. The third kappa shape index (κ3) is 4.58. The topological polar surface area (TPSA) is 25.8 Å². The Bertz CT molecular complexity index is 2740. The molecule has 10 rings (SSSR count). The van der Waals surface area contributed by atoms with Crippen molar-refractivity contribution in [2.75, 3.05) is 0 Å². The van der Waals surface area contributed by atoms with Crippen molar-refractivity contribution in [2.45, 2.75) is 12.3 Å². The minimum Gasteiger partial charge on any atom is -0.254 e. The normalized spacial score (nSPS) is 12.9. The van der Waals surface area contributed by atoms with Crippen LogP contribution in [-0.2, 0) is 5.41 Å². The molecule has 0 atom stereocenters. The standard InChI is InChI=1S/C50H34N2/c1-33-30-37(34-21-23-35(24-22-34)41-27-29-52-49-43(41)26-25-36-12-11-28-51-48(36)49)32-38(31-33)42-18-10-20-46-47(42)44-17-8-9-19-45(44)50(46,39-13-4-2-5-14-39)40-15-6-3-7-16-40/h2-32H,1H3. The second-order valence-electron chi connectivity index (χ2n) is 13.8. The summed E-state index contributed by atoms with van der Waals surface area (Å²) < 4.78 is 0. The maximum Gasteiger partial charge on any atom is 0.0970 e. The number of hydrogen-bond donors (Lipinski definition) is 0. The molecule has 0 amide bonds.